The molecule has 0 atom stereocenters. The average molecular weight is 253 g/mol. The third kappa shape index (κ3) is 3.44. The normalized spacial score (nSPS) is 11.4. The maximum Gasteiger partial charge on any atom is 0.127 e. The number of hydrogen-bond acceptors (Lipinski definition) is 2. The number of ether oxygens (including phenoxy) is 1. The average Bonchev–Trinajstić information content (AvgIpc) is 2.44. The molecule has 0 aliphatic heterocycles. The summed E-state index contributed by atoms with van der Waals surface area (Å²) in [5.41, 5.74) is 3.50. The number of aliphatic imine (C=N–C) groups is 1. The predicted octanol–water partition coefficient (Wildman–Crippen LogP) is 4.62. The molecule has 2 heteroatoms. The highest BCUT2D eigenvalue weighted by Crippen LogP contribution is 2.22. The van der Waals surface area contributed by atoms with E-state index in [1.54, 1.807) is 0 Å². The monoisotopic (exact) mass is 253 g/mol. The molecular weight excluding hydrogens is 234 g/mol. The van der Waals surface area contributed by atoms with Crippen molar-refractivity contribution in [1.29, 1.82) is 0 Å². The van der Waals surface area contributed by atoms with Gasteiger partial charge in [-0.15, -0.1) is 0 Å². The van der Waals surface area contributed by atoms with Crippen LogP contribution in [-0.2, 0) is 0 Å². The van der Waals surface area contributed by atoms with E-state index in [4.69, 9.17) is 4.74 Å². The van der Waals surface area contributed by atoms with Crippen LogP contribution in [0.2, 0.25) is 0 Å². The van der Waals surface area contributed by atoms with Gasteiger partial charge >= 0.3 is 0 Å². The van der Waals surface area contributed by atoms with Crippen LogP contribution in [0, 0.1) is 6.92 Å². The molecule has 0 saturated carbocycles. The first kappa shape index (κ1) is 13.3. The fraction of sp³-hybridized carbons (Fsp3) is 0.235. The van der Waals surface area contributed by atoms with Gasteiger partial charge < -0.3 is 4.74 Å². The van der Waals surface area contributed by atoms with Crippen molar-refractivity contribution in [1.82, 2.24) is 0 Å². The lowest BCUT2D eigenvalue weighted by Crippen LogP contribution is -1.98. The largest absolute Gasteiger partial charge is 0.457 e. The fourth-order valence-corrected chi connectivity index (χ4v) is 1.95. The summed E-state index contributed by atoms with van der Waals surface area (Å²) in [6.07, 6.45) is 0.939. The third-order valence-corrected chi connectivity index (χ3v) is 3.05. The molecule has 0 radical (unpaired) electrons. The first-order valence-electron chi connectivity index (χ1n) is 6.53. The minimum absolute atomic E-state index is 0.846. The Labute approximate surface area is 114 Å². The van der Waals surface area contributed by atoms with Crippen molar-refractivity contribution in [2.45, 2.75) is 20.3 Å². The minimum atomic E-state index is 0.846. The summed E-state index contributed by atoms with van der Waals surface area (Å²) >= 11 is 0. The van der Waals surface area contributed by atoms with Gasteiger partial charge in [-0.1, -0.05) is 24.6 Å². The lowest BCUT2D eigenvalue weighted by Gasteiger charge is -2.07. The first-order valence-corrected chi connectivity index (χ1v) is 6.53. The van der Waals surface area contributed by atoms with Gasteiger partial charge in [0, 0.05) is 12.8 Å². The quantitative estimate of drug-likeness (QED) is 0.729. The second-order valence-corrected chi connectivity index (χ2v) is 4.46. The molecule has 98 valence electrons. The molecule has 0 aliphatic carbocycles. The Hall–Kier alpha value is -2.09. The Balaban J connectivity index is 2.12. The summed E-state index contributed by atoms with van der Waals surface area (Å²) in [5.74, 6) is 1.71. The van der Waals surface area contributed by atoms with Crippen LogP contribution in [0.1, 0.15) is 24.5 Å². The molecule has 0 N–H and O–H groups in total. The van der Waals surface area contributed by atoms with Crippen LogP contribution in [0.15, 0.2) is 53.5 Å². The van der Waals surface area contributed by atoms with Crippen molar-refractivity contribution < 1.29 is 4.74 Å². The van der Waals surface area contributed by atoms with Gasteiger partial charge in [0.2, 0.25) is 0 Å². The van der Waals surface area contributed by atoms with E-state index in [1.165, 1.54) is 5.56 Å². The van der Waals surface area contributed by atoms with Crippen LogP contribution >= 0.6 is 0 Å². The van der Waals surface area contributed by atoms with E-state index < -0.39 is 0 Å². The Morgan fingerprint density at radius 3 is 1.95 bits per heavy atom. The molecule has 19 heavy (non-hydrogen) atoms. The first-order chi connectivity index (χ1) is 9.22. The Kier molecular flexibility index (Phi) is 4.35. The summed E-state index contributed by atoms with van der Waals surface area (Å²) in [6.45, 7) is 4.17. The Bertz CT molecular complexity index is 553. The summed E-state index contributed by atoms with van der Waals surface area (Å²) < 4.78 is 5.80. The van der Waals surface area contributed by atoms with Crippen molar-refractivity contribution in [3.63, 3.8) is 0 Å². The van der Waals surface area contributed by atoms with E-state index in [0.717, 1.165) is 29.2 Å². The van der Waals surface area contributed by atoms with Crippen LogP contribution in [-0.4, -0.2) is 12.8 Å². The van der Waals surface area contributed by atoms with Crippen molar-refractivity contribution >= 4 is 5.71 Å². The lowest BCUT2D eigenvalue weighted by atomic mass is 10.1. The molecule has 0 unspecified atom stereocenters. The van der Waals surface area contributed by atoms with E-state index in [-0.39, 0.29) is 0 Å². The zero-order valence-electron chi connectivity index (χ0n) is 11.7. The molecule has 0 fully saturated rings. The zero-order valence-corrected chi connectivity index (χ0v) is 11.7. The fourth-order valence-electron chi connectivity index (χ4n) is 1.95. The highest BCUT2D eigenvalue weighted by molar-refractivity contribution is 6.00. The SMILES string of the molecule is CCC(=NC)c1ccc(Oc2ccc(C)cc2)cc1. The molecule has 0 amide bonds. The van der Waals surface area contributed by atoms with Gasteiger partial charge in [0.1, 0.15) is 11.5 Å². The maximum absolute atomic E-state index is 5.80. The standard InChI is InChI=1S/C17H19NO/c1-4-17(18-3)14-7-11-16(12-8-14)19-15-9-5-13(2)6-10-15/h5-12H,4H2,1-3H3. The van der Waals surface area contributed by atoms with Gasteiger partial charge in [0.25, 0.3) is 0 Å². The van der Waals surface area contributed by atoms with Gasteiger partial charge in [0.15, 0.2) is 0 Å². The van der Waals surface area contributed by atoms with Crippen LogP contribution < -0.4 is 4.74 Å². The van der Waals surface area contributed by atoms with E-state index in [2.05, 4.69) is 31.0 Å². The topological polar surface area (TPSA) is 21.6 Å². The highest BCUT2D eigenvalue weighted by atomic mass is 16.5. The zero-order chi connectivity index (χ0) is 13.7. The minimum Gasteiger partial charge on any atom is -0.457 e. The molecular formula is C17H19NO. The Morgan fingerprint density at radius 1 is 0.947 bits per heavy atom. The van der Waals surface area contributed by atoms with Crippen molar-refractivity contribution in [3.05, 3.63) is 59.7 Å². The van der Waals surface area contributed by atoms with Gasteiger partial charge in [-0.2, -0.15) is 0 Å². The van der Waals surface area contributed by atoms with Gasteiger partial charge in [-0.05, 0) is 55.3 Å². The van der Waals surface area contributed by atoms with Crippen molar-refractivity contribution in [2.24, 2.45) is 4.99 Å². The van der Waals surface area contributed by atoms with E-state index in [0.29, 0.717) is 0 Å². The Morgan fingerprint density at radius 2 is 1.47 bits per heavy atom. The smallest absolute Gasteiger partial charge is 0.127 e. The molecule has 2 nitrogen and oxygen atoms in total. The summed E-state index contributed by atoms with van der Waals surface area (Å²) in [7, 11) is 1.83. The summed E-state index contributed by atoms with van der Waals surface area (Å²) in [6, 6.07) is 16.1. The van der Waals surface area contributed by atoms with E-state index >= 15 is 0 Å². The lowest BCUT2D eigenvalue weighted by molar-refractivity contribution is 0.482. The molecule has 2 aromatic carbocycles. The second-order valence-electron chi connectivity index (χ2n) is 4.46. The number of benzene rings is 2. The molecule has 0 aliphatic rings. The number of nitrogens with zero attached hydrogens (tertiary/aromatic N) is 1. The molecule has 0 heterocycles. The molecule has 0 aromatic heterocycles. The number of aryl methyl sites for hydroxylation is 1. The van der Waals surface area contributed by atoms with Crippen LogP contribution in [0.3, 0.4) is 0 Å². The molecule has 2 aromatic rings. The molecule has 2 rings (SSSR count). The van der Waals surface area contributed by atoms with Crippen LogP contribution in [0.4, 0.5) is 0 Å². The second kappa shape index (κ2) is 6.19. The predicted molar refractivity (Wildman–Crippen MR) is 80.4 cm³/mol. The van der Waals surface area contributed by atoms with E-state index in [1.807, 2.05) is 43.4 Å². The summed E-state index contributed by atoms with van der Waals surface area (Å²) in [4.78, 5) is 4.28. The van der Waals surface area contributed by atoms with Crippen molar-refractivity contribution in [2.75, 3.05) is 7.05 Å². The molecule has 0 bridgehead atoms. The number of rotatable bonds is 4. The van der Waals surface area contributed by atoms with Gasteiger partial charge in [0.05, 0.1) is 0 Å². The van der Waals surface area contributed by atoms with E-state index in [9.17, 15) is 0 Å². The summed E-state index contributed by atoms with van der Waals surface area (Å²) in [5, 5.41) is 0. The molecule has 0 saturated heterocycles. The highest BCUT2D eigenvalue weighted by Gasteiger charge is 2.01. The van der Waals surface area contributed by atoms with Gasteiger partial charge in [-0.25, -0.2) is 0 Å². The van der Waals surface area contributed by atoms with Crippen molar-refractivity contribution in [3.8, 4) is 11.5 Å². The van der Waals surface area contributed by atoms with Gasteiger partial charge in [-0.3, -0.25) is 4.99 Å². The number of hydrogen-bond donors (Lipinski definition) is 0. The maximum atomic E-state index is 5.80. The van der Waals surface area contributed by atoms with Crippen LogP contribution in [0.5, 0.6) is 11.5 Å². The third-order valence-electron chi connectivity index (χ3n) is 3.05. The molecule has 0 spiro atoms. The van der Waals surface area contributed by atoms with Crippen LogP contribution in [0.25, 0.3) is 0 Å².